The van der Waals surface area contributed by atoms with Gasteiger partial charge in [0.15, 0.2) is 0 Å². The Balaban J connectivity index is 1.40. The van der Waals surface area contributed by atoms with Gasteiger partial charge in [0.25, 0.3) is 11.8 Å². The number of carbonyl (C=O) groups excluding carboxylic acids is 4. The molecule has 0 aromatic heterocycles. The molecule has 0 saturated heterocycles. The van der Waals surface area contributed by atoms with Crippen LogP contribution in [0.25, 0.3) is 0 Å². The summed E-state index contributed by atoms with van der Waals surface area (Å²) in [6, 6.07) is 16.9. The van der Waals surface area contributed by atoms with Gasteiger partial charge in [-0.2, -0.15) is 0 Å². The number of benzene rings is 3. The van der Waals surface area contributed by atoms with Gasteiger partial charge in [0.05, 0.1) is 34.0 Å². The number of urea groups is 1. The molecule has 0 radical (unpaired) electrons. The van der Waals surface area contributed by atoms with Crippen LogP contribution in [0.15, 0.2) is 66.7 Å². The molecule has 0 aliphatic heterocycles. The molecule has 4 rings (SSSR count). The number of amides is 4. The lowest BCUT2D eigenvalue weighted by Crippen LogP contribution is -2.48. The van der Waals surface area contributed by atoms with E-state index in [1.54, 1.807) is 73.8 Å². The van der Waals surface area contributed by atoms with Crippen molar-refractivity contribution in [1.29, 1.82) is 0 Å². The predicted octanol–water partition coefficient (Wildman–Crippen LogP) is 6.49. The molecule has 232 valence electrons. The zero-order chi connectivity index (χ0) is 31.6. The number of anilines is 2. The Bertz CT molecular complexity index is 1470. The second-order valence-electron chi connectivity index (χ2n) is 10.8. The number of rotatable bonds is 10. The van der Waals surface area contributed by atoms with Gasteiger partial charge in [-0.3, -0.25) is 14.5 Å². The van der Waals surface area contributed by atoms with Crippen molar-refractivity contribution in [3.63, 3.8) is 0 Å². The van der Waals surface area contributed by atoms with Crippen LogP contribution in [0, 0.1) is 5.92 Å². The molecule has 1 saturated carbocycles. The summed E-state index contributed by atoms with van der Waals surface area (Å²) in [6.45, 7) is 0.601. The van der Waals surface area contributed by atoms with Crippen molar-refractivity contribution in [3.05, 3.63) is 93.5 Å². The number of nitrogens with zero attached hydrogens (tertiary/aromatic N) is 1. The minimum atomic E-state index is -1.01. The minimum Gasteiger partial charge on any atom is -0.467 e. The number of halogens is 2. The first-order chi connectivity index (χ1) is 21.2. The smallest absolute Gasteiger partial charge is 0.328 e. The number of esters is 1. The third-order valence-electron chi connectivity index (χ3n) is 7.72. The second-order valence-corrected chi connectivity index (χ2v) is 11.6. The first-order valence-electron chi connectivity index (χ1n) is 14.5. The highest BCUT2D eigenvalue weighted by Crippen LogP contribution is 2.26. The van der Waals surface area contributed by atoms with Crippen LogP contribution >= 0.6 is 23.2 Å². The van der Waals surface area contributed by atoms with Crippen LogP contribution < -0.4 is 20.9 Å². The highest BCUT2D eigenvalue weighted by atomic mass is 35.5. The second kappa shape index (κ2) is 15.6. The third-order valence-corrected chi connectivity index (χ3v) is 8.35. The highest BCUT2D eigenvalue weighted by Gasteiger charge is 2.26. The molecule has 11 heteroatoms. The van der Waals surface area contributed by atoms with Crippen molar-refractivity contribution in [2.45, 2.75) is 44.6 Å². The third kappa shape index (κ3) is 8.51. The van der Waals surface area contributed by atoms with E-state index in [4.69, 9.17) is 27.9 Å². The Morgan fingerprint density at radius 2 is 1.55 bits per heavy atom. The van der Waals surface area contributed by atoms with Crippen LogP contribution in [0.5, 0.6) is 0 Å². The molecule has 1 atom stereocenters. The molecule has 4 amide bonds. The molecule has 1 aliphatic carbocycles. The van der Waals surface area contributed by atoms with Gasteiger partial charge in [-0.05, 0) is 60.7 Å². The quantitative estimate of drug-likeness (QED) is 0.220. The number of ether oxygens (including phenoxy) is 1. The molecule has 3 N–H and O–H groups in total. The average molecular weight is 640 g/mol. The van der Waals surface area contributed by atoms with Crippen molar-refractivity contribution < 1.29 is 23.9 Å². The number of para-hydroxylation sites is 1. The van der Waals surface area contributed by atoms with Crippen molar-refractivity contribution >= 4 is 58.4 Å². The van der Waals surface area contributed by atoms with Gasteiger partial charge in [0.1, 0.15) is 6.04 Å². The summed E-state index contributed by atoms with van der Waals surface area (Å²) in [5.74, 6) is -0.873. The topological polar surface area (TPSA) is 117 Å². The Labute approximate surface area is 267 Å². The fraction of sp³-hybridized carbons (Fsp3) is 0.333. The van der Waals surface area contributed by atoms with Crippen LogP contribution in [-0.2, 0) is 16.0 Å². The maximum Gasteiger partial charge on any atom is 0.328 e. The van der Waals surface area contributed by atoms with Crippen LogP contribution in [0.1, 0.15) is 58.4 Å². The van der Waals surface area contributed by atoms with E-state index in [0.717, 1.165) is 12.8 Å². The average Bonchev–Trinajstić information content (AvgIpc) is 3.03. The number of nitrogens with one attached hydrogen (secondary N) is 3. The molecule has 9 nitrogen and oxygen atoms in total. The van der Waals surface area contributed by atoms with E-state index in [1.165, 1.54) is 31.3 Å². The first kappa shape index (κ1) is 32.8. The monoisotopic (exact) mass is 638 g/mol. The predicted molar refractivity (Wildman–Crippen MR) is 173 cm³/mol. The minimum absolute atomic E-state index is 0.125. The standard InChI is InChI=1S/C33H36Cl2N4O5/c1-39(28-14-7-6-11-24(28)30(40)36-20-22-9-4-3-5-10-22)33(43)38-27(32(42)44-2)19-21-15-17-23(18-16-21)37-31(41)29-25(34)12-8-13-26(29)35/h6-8,11-18,22,27H,3-5,9-10,19-20H2,1-2H3,(H,36,40)(H,37,41)(H,38,43). The van der Waals surface area contributed by atoms with Crippen molar-refractivity contribution in [1.82, 2.24) is 10.6 Å². The van der Waals surface area contributed by atoms with E-state index in [-0.39, 0.29) is 27.9 Å². The highest BCUT2D eigenvalue weighted by molar-refractivity contribution is 6.40. The van der Waals surface area contributed by atoms with E-state index in [0.29, 0.717) is 35.0 Å². The molecule has 0 heterocycles. The van der Waals surface area contributed by atoms with Crippen LogP contribution in [0.2, 0.25) is 10.0 Å². The van der Waals surface area contributed by atoms with Crippen molar-refractivity contribution in [2.75, 3.05) is 30.9 Å². The first-order valence-corrected chi connectivity index (χ1v) is 15.3. The van der Waals surface area contributed by atoms with Gasteiger partial charge in [-0.25, -0.2) is 9.59 Å². The molecule has 1 aliphatic rings. The Hall–Kier alpha value is -4.08. The van der Waals surface area contributed by atoms with Gasteiger partial charge in [0.2, 0.25) is 0 Å². The van der Waals surface area contributed by atoms with Crippen LogP contribution in [0.4, 0.5) is 16.2 Å². The molecule has 3 aromatic rings. The molecule has 3 aromatic carbocycles. The summed E-state index contributed by atoms with van der Waals surface area (Å²) in [7, 11) is 2.79. The Morgan fingerprint density at radius 1 is 0.886 bits per heavy atom. The molecule has 1 unspecified atom stereocenters. The summed E-state index contributed by atoms with van der Waals surface area (Å²) in [6.07, 6.45) is 5.94. The zero-order valence-electron chi connectivity index (χ0n) is 24.7. The van der Waals surface area contributed by atoms with Gasteiger partial charge < -0.3 is 20.7 Å². The summed E-state index contributed by atoms with van der Waals surface area (Å²) in [4.78, 5) is 53.1. The van der Waals surface area contributed by atoms with Crippen molar-refractivity contribution in [2.24, 2.45) is 5.92 Å². The zero-order valence-corrected chi connectivity index (χ0v) is 26.2. The molecular weight excluding hydrogens is 603 g/mol. The fourth-order valence-electron chi connectivity index (χ4n) is 5.24. The molecule has 44 heavy (non-hydrogen) atoms. The Kier molecular flexibility index (Phi) is 11.6. The Morgan fingerprint density at radius 3 is 2.20 bits per heavy atom. The fourth-order valence-corrected chi connectivity index (χ4v) is 5.81. The maximum absolute atomic E-state index is 13.3. The van der Waals surface area contributed by atoms with Gasteiger partial charge in [0, 0.05) is 25.7 Å². The summed E-state index contributed by atoms with van der Waals surface area (Å²) in [5.41, 5.74) is 2.15. The van der Waals surface area contributed by atoms with E-state index >= 15 is 0 Å². The SMILES string of the molecule is COC(=O)C(Cc1ccc(NC(=O)c2c(Cl)cccc2Cl)cc1)NC(=O)N(C)c1ccccc1C(=O)NCC1CCCCC1. The van der Waals surface area contributed by atoms with E-state index in [1.807, 2.05) is 0 Å². The van der Waals surface area contributed by atoms with Crippen LogP contribution in [-0.4, -0.2) is 50.6 Å². The lowest BCUT2D eigenvalue weighted by atomic mass is 9.89. The van der Waals surface area contributed by atoms with Crippen LogP contribution in [0.3, 0.4) is 0 Å². The molecule has 0 spiro atoms. The maximum atomic E-state index is 13.3. The lowest BCUT2D eigenvalue weighted by Gasteiger charge is -2.25. The van der Waals surface area contributed by atoms with E-state index in [2.05, 4.69) is 16.0 Å². The normalized spacial score (nSPS) is 13.8. The summed E-state index contributed by atoms with van der Waals surface area (Å²) in [5, 5.41) is 8.97. The summed E-state index contributed by atoms with van der Waals surface area (Å²) >= 11 is 12.3. The molecule has 1 fully saturated rings. The van der Waals surface area contributed by atoms with Gasteiger partial charge in [-0.15, -0.1) is 0 Å². The summed E-state index contributed by atoms with van der Waals surface area (Å²) < 4.78 is 4.95. The molecular formula is C33H36Cl2N4O5. The van der Waals surface area contributed by atoms with E-state index in [9.17, 15) is 19.2 Å². The number of methoxy groups -OCH3 is 1. The van der Waals surface area contributed by atoms with Gasteiger partial charge >= 0.3 is 12.0 Å². The number of carbonyl (C=O) groups is 4. The molecule has 0 bridgehead atoms. The number of hydrogen-bond acceptors (Lipinski definition) is 5. The lowest BCUT2D eigenvalue weighted by molar-refractivity contribution is -0.142. The van der Waals surface area contributed by atoms with E-state index < -0.39 is 23.9 Å². The van der Waals surface area contributed by atoms with Gasteiger partial charge in [-0.1, -0.05) is 72.8 Å². The van der Waals surface area contributed by atoms with Crippen molar-refractivity contribution in [3.8, 4) is 0 Å². The number of hydrogen-bond donors (Lipinski definition) is 3. The largest absolute Gasteiger partial charge is 0.467 e.